The second kappa shape index (κ2) is 6.28. The third-order valence-electron chi connectivity index (χ3n) is 2.84. The van der Waals surface area contributed by atoms with Gasteiger partial charge in [0.15, 0.2) is 0 Å². The van der Waals surface area contributed by atoms with Gasteiger partial charge in [-0.2, -0.15) is 0 Å². The van der Waals surface area contributed by atoms with Crippen molar-refractivity contribution in [3.05, 3.63) is 44.6 Å². The lowest BCUT2D eigenvalue weighted by Gasteiger charge is -2.17. The van der Waals surface area contributed by atoms with Crippen LogP contribution in [0.25, 0.3) is 0 Å². The van der Waals surface area contributed by atoms with Gasteiger partial charge in [-0.25, -0.2) is 0 Å². The summed E-state index contributed by atoms with van der Waals surface area (Å²) in [6, 6.07) is 7.08. The fourth-order valence-corrected chi connectivity index (χ4v) is 3.33. The molecule has 0 saturated carbocycles. The number of anilines is 1. The van der Waals surface area contributed by atoms with Crippen molar-refractivity contribution in [3.8, 4) is 5.75 Å². The summed E-state index contributed by atoms with van der Waals surface area (Å²) in [5.41, 5.74) is 6.85. The lowest BCUT2D eigenvalue weighted by atomic mass is 10.1. The van der Waals surface area contributed by atoms with E-state index in [1.807, 2.05) is 11.4 Å². The fraction of sp³-hybridized carbons (Fsp3) is 0.214. The Hall–Kier alpha value is -1.53. The number of nitrogen functional groups attached to an aromatic ring is 1. The molecule has 0 atom stereocenters. The Kier molecular flexibility index (Phi) is 4.67. The Labute approximate surface area is 130 Å². The maximum atomic E-state index is 12.3. The molecule has 1 aromatic heterocycles. The topological polar surface area (TPSA) is 55.6 Å². The minimum atomic E-state index is -0.0659. The van der Waals surface area contributed by atoms with Crippen LogP contribution in [0.4, 0.5) is 5.69 Å². The summed E-state index contributed by atoms with van der Waals surface area (Å²) >= 11 is 5.02. The Balaban J connectivity index is 2.12. The van der Waals surface area contributed by atoms with E-state index in [0.29, 0.717) is 23.5 Å². The Bertz CT molecular complexity index is 627. The molecule has 0 spiro atoms. The summed E-state index contributed by atoms with van der Waals surface area (Å²) in [5, 5.41) is 2.00. The number of halogens is 1. The molecule has 0 bridgehead atoms. The summed E-state index contributed by atoms with van der Waals surface area (Å²) in [6.07, 6.45) is 0. The van der Waals surface area contributed by atoms with Gasteiger partial charge in [0.2, 0.25) is 0 Å². The highest BCUT2D eigenvalue weighted by atomic mass is 79.9. The van der Waals surface area contributed by atoms with E-state index >= 15 is 0 Å². The molecule has 0 aliphatic carbocycles. The zero-order valence-electron chi connectivity index (χ0n) is 11.2. The molecule has 20 heavy (non-hydrogen) atoms. The predicted molar refractivity (Wildman–Crippen MR) is 85.2 cm³/mol. The fourth-order valence-electron chi connectivity index (χ4n) is 1.83. The van der Waals surface area contributed by atoms with E-state index in [0.717, 1.165) is 9.35 Å². The number of carbonyl (C=O) groups excluding carboxylic acids is 1. The first-order valence-electron chi connectivity index (χ1n) is 5.93. The van der Waals surface area contributed by atoms with E-state index in [-0.39, 0.29) is 5.91 Å². The van der Waals surface area contributed by atoms with Crippen molar-refractivity contribution >= 4 is 38.9 Å². The number of benzene rings is 1. The molecule has 0 unspecified atom stereocenters. The van der Waals surface area contributed by atoms with Crippen molar-refractivity contribution < 1.29 is 9.53 Å². The maximum Gasteiger partial charge on any atom is 0.254 e. The highest BCUT2D eigenvalue weighted by Gasteiger charge is 2.14. The van der Waals surface area contributed by atoms with Crippen LogP contribution in [0.5, 0.6) is 5.75 Å². The number of thiophene rings is 1. The van der Waals surface area contributed by atoms with E-state index in [1.54, 1.807) is 48.6 Å². The molecule has 1 heterocycles. The number of nitrogens with two attached hydrogens (primary N) is 1. The van der Waals surface area contributed by atoms with Gasteiger partial charge in [0.25, 0.3) is 5.91 Å². The molecule has 0 saturated heterocycles. The average Bonchev–Trinajstić information content (AvgIpc) is 2.83. The number of methoxy groups -OCH3 is 1. The van der Waals surface area contributed by atoms with Crippen LogP contribution in [-0.4, -0.2) is 25.0 Å². The molecule has 2 rings (SSSR count). The number of nitrogens with zero attached hydrogens (tertiary/aromatic N) is 1. The number of hydrogen-bond acceptors (Lipinski definition) is 4. The van der Waals surface area contributed by atoms with E-state index < -0.39 is 0 Å². The minimum Gasteiger partial charge on any atom is -0.495 e. The molecular formula is C14H15BrN2O2S. The summed E-state index contributed by atoms with van der Waals surface area (Å²) < 4.78 is 6.12. The van der Waals surface area contributed by atoms with Gasteiger partial charge in [0.1, 0.15) is 5.75 Å². The van der Waals surface area contributed by atoms with Crippen LogP contribution in [0.1, 0.15) is 15.2 Å². The zero-order valence-corrected chi connectivity index (χ0v) is 13.6. The van der Waals surface area contributed by atoms with Gasteiger partial charge >= 0.3 is 0 Å². The van der Waals surface area contributed by atoms with Crippen molar-refractivity contribution in [3.63, 3.8) is 0 Å². The monoisotopic (exact) mass is 354 g/mol. The molecule has 1 aromatic carbocycles. The van der Waals surface area contributed by atoms with Crippen molar-refractivity contribution in [2.45, 2.75) is 6.54 Å². The third-order valence-corrected chi connectivity index (χ3v) is 4.52. The molecule has 1 amide bonds. The summed E-state index contributed by atoms with van der Waals surface area (Å²) in [6.45, 7) is 0.570. The molecule has 2 aromatic rings. The van der Waals surface area contributed by atoms with Crippen molar-refractivity contribution in [2.24, 2.45) is 0 Å². The molecular weight excluding hydrogens is 340 g/mol. The van der Waals surface area contributed by atoms with Crippen LogP contribution in [0.15, 0.2) is 34.1 Å². The van der Waals surface area contributed by atoms with Crippen LogP contribution in [0.2, 0.25) is 0 Å². The lowest BCUT2D eigenvalue weighted by molar-refractivity contribution is 0.0786. The standard InChI is InChI=1S/C14H15BrN2O2S/c1-17(7-11-6-10(15)8-20-11)14(18)9-3-4-13(19-2)12(16)5-9/h3-6,8H,7,16H2,1-2H3. The second-order valence-corrected chi connectivity index (χ2v) is 6.26. The van der Waals surface area contributed by atoms with Crippen molar-refractivity contribution in [2.75, 3.05) is 19.9 Å². The largest absolute Gasteiger partial charge is 0.495 e. The summed E-state index contributed by atoms with van der Waals surface area (Å²) in [7, 11) is 3.32. The molecule has 106 valence electrons. The van der Waals surface area contributed by atoms with Crippen molar-refractivity contribution in [1.82, 2.24) is 4.90 Å². The highest BCUT2D eigenvalue weighted by molar-refractivity contribution is 9.10. The van der Waals surface area contributed by atoms with Gasteiger partial charge in [-0.15, -0.1) is 11.3 Å². The van der Waals surface area contributed by atoms with Crippen LogP contribution in [0, 0.1) is 0 Å². The second-order valence-electron chi connectivity index (χ2n) is 4.35. The van der Waals surface area contributed by atoms with Crippen LogP contribution in [-0.2, 0) is 6.54 Å². The minimum absolute atomic E-state index is 0.0659. The van der Waals surface area contributed by atoms with E-state index in [1.165, 1.54) is 0 Å². The smallest absolute Gasteiger partial charge is 0.254 e. The van der Waals surface area contributed by atoms with E-state index in [2.05, 4.69) is 15.9 Å². The first-order valence-corrected chi connectivity index (χ1v) is 7.60. The Morgan fingerprint density at radius 1 is 1.45 bits per heavy atom. The molecule has 4 nitrogen and oxygen atoms in total. The van der Waals surface area contributed by atoms with Gasteiger partial charge in [-0.1, -0.05) is 0 Å². The van der Waals surface area contributed by atoms with Crippen LogP contribution >= 0.6 is 27.3 Å². The number of rotatable bonds is 4. The summed E-state index contributed by atoms with van der Waals surface area (Å²) in [4.78, 5) is 15.1. The van der Waals surface area contributed by atoms with Gasteiger partial charge in [0.05, 0.1) is 19.3 Å². The number of carbonyl (C=O) groups is 1. The molecule has 2 N–H and O–H groups in total. The zero-order chi connectivity index (χ0) is 14.7. The van der Waals surface area contributed by atoms with Gasteiger partial charge in [0, 0.05) is 27.3 Å². The maximum absolute atomic E-state index is 12.3. The first-order chi connectivity index (χ1) is 9.51. The van der Waals surface area contributed by atoms with Gasteiger partial charge < -0.3 is 15.4 Å². The molecule has 0 aliphatic rings. The molecule has 0 aliphatic heterocycles. The normalized spacial score (nSPS) is 10.3. The molecule has 0 radical (unpaired) electrons. The predicted octanol–water partition coefficient (Wildman–Crippen LogP) is 3.37. The number of hydrogen-bond donors (Lipinski definition) is 1. The van der Waals surface area contributed by atoms with Gasteiger partial charge in [-0.3, -0.25) is 4.79 Å². The summed E-state index contributed by atoms with van der Waals surface area (Å²) in [5.74, 6) is 0.510. The van der Waals surface area contributed by atoms with Gasteiger partial charge in [-0.05, 0) is 40.2 Å². The van der Waals surface area contributed by atoms with Crippen molar-refractivity contribution in [1.29, 1.82) is 0 Å². The van der Waals surface area contributed by atoms with E-state index in [9.17, 15) is 4.79 Å². The molecule has 0 fully saturated rings. The number of amides is 1. The SMILES string of the molecule is COc1ccc(C(=O)N(C)Cc2cc(Br)cs2)cc1N. The van der Waals surface area contributed by atoms with Crippen LogP contribution in [0.3, 0.4) is 0 Å². The Morgan fingerprint density at radius 3 is 2.75 bits per heavy atom. The molecule has 6 heteroatoms. The Morgan fingerprint density at radius 2 is 2.20 bits per heavy atom. The lowest BCUT2D eigenvalue weighted by Crippen LogP contribution is -2.25. The first kappa shape index (κ1) is 14.9. The van der Waals surface area contributed by atoms with E-state index in [4.69, 9.17) is 10.5 Å². The van der Waals surface area contributed by atoms with Crippen LogP contribution < -0.4 is 10.5 Å². The number of ether oxygens (including phenoxy) is 1. The highest BCUT2D eigenvalue weighted by Crippen LogP contribution is 2.24. The third kappa shape index (κ3) is 3.32. The quantitative estimate of drug-likeness (QED) is 0.856. The average molecular weight is 355 g/mol.